The van der Waals surface area contributed by atoms with Crippen LogP contribution in [0.4, 0.5) is 0 Å². The third kappa shape index (κ3) is 3.94. The molecule has 7 heteroatoms. The molecule has 1 N–H and O–H groups in total. The number of carbonyl (C=O) groups is 2. The molecule has 1 saturated heterocycles. The topological polar surface area (TPSA) is 82.5 Å². The molecule has 26 heavy (non-hydrogen) atoms. The van der Waals surface area contributed by atoms with Gasteiger partial charge in [-0.1, -0.05) is 0 Å². The highest BCUT2D eigenvalue weighted by Gasteiger charge is 2.18. The summed E-state index contributed by atoms with van der Waals surface area (Å²) >= 11 is 0. The molecular formula is C19H23N3O4. The number of aromatic nitrogens is 2. The zero-order valence-corrected chi connectivity index (χ0v) is 15.0. The highest BCUT2D eigenvalue weighted by atomic mass is 16.5. The Hall–Kier alpha value is -2.67. The lowest BCUT2D eigenvalue weighted by atomic mass is 10.1. The fourth-order valence-electron chi connectivity index (χ4n) is 2.95. The minimum atomic E-state index is -0.388. The van der Waals surface area contributed by atoms with Gasteiger partial charge < -0.3 is 14.8 Å². The van der Waals surface area contributed by atoms with Crippen LogP contribution in [0.2, 0.25) is 0 Å². The van der Waals surface area contributed by atoms with Gasteiger partial charge >= 0.3 is 5.97 Å². The van der Waals surface area contributed by atoms with Gasteiger partial charge in [0.25, 0.3) is 5.91 Å². The lowest BCUT2D eigenvalue weighted by molar-refractivity contribution is 0.0525. The monoisotopic (exact) mass is 357 g/mol. The van der Waals surface area contributed by atoms with Gasteiger partial charge in [-0.2, -0.15) is 5.10 Å². The van der Waals surface area contributed by atoms with E-state index in [0.29, 0.717) is 30.0 Å². The van der Waals surface area contributed by atoms with E-state index in [1.54, 1.807) is 35.9 Å². The Morgan fingerprint density at radius 3 is 2.77 bits per heavy atom. The number of ether oxygens (including phenoxy) is 2. The summed E-state index contributed by atoms with van der Waals surface area (Å²) in [5, 5.41) is 7.15. The maximum atomic E-state index is 12.2. The van der Waals surface area contributed by atoms with E-state index < -0.39 is 0 Å². The van der Waals surface area contributed by atoms with Crippen molar-refractivity contribution in [3.63, 3.8) is 0 Å². The van der Waals surface area contributed by atoms with Gasteiger partial charge in [0, 0.05) is 18.7 Å². The smallest absolute Gasteiger partial charge is 0.341 e. The normalized spacial score (nSPS) is 16.5. The predicted molar refractivity (Wildman–Crippen MR) is 95.6 cm³/mol. The minimum Gasteiger partial charge on any atom is -0.462 e. The minimum absolute atomic E-state index is 0.117. The molecule has 1 unspecified atom stereocenters. The van der Waals surface area contributed by atoms with E-state index in [1.165, 1.54) is 6.20 Å². The lowest BCUT2D eigenvalue weighted by Crippen LogP contribution is -2.31. The first-order chi connectivity index (χ1) is 12.6. The molecule has 1 aromatic heterocycles. The number of amides is 1. The zero-order valence-electron chi connectivity index (χ0n) is 15.0. The number of hydrogen-bond acceptors (Lipinski definition) is 5. The van der Waals surface area contributed by atoms with Crippen LogP contribution in [0.1, 0.15) is 46.2 Å². The molecule has 0 bridgehead atoms. The molecule has 0 spiro atoms. The van der Waals surface area contributed by atoms with Crippen LogP contribution in [0.3, 0.4) is 0 Å². The Morgan fingerprint density at radius 2 is 2.12 bits per heavy atom. The molecule has 7 nitrogen and oxygen atoms in total. The SMILES string of the molecule is CCOC(=O)c1cnn(-c2ccc(C(=O)NCC3CCCO3)cc2)c1C. The van der Waals surface area contributed by atoms with Crippen LogP contribution in [0.5, 0.6) is 0 Å². The highest BCUT2D eigenvalue weighted by Crippen LogP contribution is 2.16. The van der Waals surface area contributed by atoms with Gasteiger partial charge in [-0.3, -0.25) is 4.79 Å². The zero-order chi connectivity index (χ0) is 18.5. The van der Waals surface area contributed by atoms with Crippen molar-refractivity contribution in [2.45, 2.75) is 32.8 Å². The van der Waals surface area contributed by atoms with E-state index in [-0.39, 0.29) is 18.0 Å². The van der Waals surface area contributed by atoms with Crippen LogP contribution in [0.15, 0.2) is 30.5 Å². The summed E-state index contributed by atoms with van der Waals surface area (Å²) in [6, 6.07) is 7.09. The lowest BCUT2D eigenvalue weighted by Gasteiger charge is -2.11. The van der Waals surface area contributed by atoms with Gasteiger partial charge in [0.1, 0.15) is 5.56 Å². The van der Waals surface area contributed by atoms with Gasteiger partial charge in [0.2, 0.25) is 0 Å². The fraction of sp³-hybridized carbons (Fsp3) is 0.421. The highest BCUT2D eigenvalue weighted by molar-refractivity contribution is 5.94. The quantitative estimate of drug-likeness (QED) is 0.802. The molecule has 1 amide bonds. The van der Waals surface area contributed by atoms with Crippen LogP contribution >= 0.6 is 0 Å². The second-order valence-electron chi connectivity index (χ2n) is 6.17. The average Bonchev–Trinajstić information content (AvgIpc) is 3.29. The Kier molecular flexibility index (Phi) is 5.68. The number of nitrogens with one attached hydrogen (secondary N) is 1. The first-order valence-corrected chi connectivity index (χ1v) is 8.82. The average molecular weight is 357 g/mol. The summed E-state index contributed by atoms with van der Waals surface area (Å²) in [5.74, 6) is -0.516. The van der Waals surface area contributed by atoms with Crippen molar-refractivity contribution in [2.24, 2.45) is 0 Å². The summed E-state index contributed by atoms with van der Waals surface area (Å²) in [6.07, 6.45) is 3.65. The third-order valence-corrected chi connectivity index (χ3v) is 4.39. The van der Waals surface area contributed by atoms with Crippen molar-refractivity contribution in [3.05, 3.63) is 47.3 Å². The van der Waals surface area contributed by atoms with Gasteiger partial charge in [0.15, 0.2) is 0 Å². The second-order valence-corrected chi connectivity index (χ2v) is 6.17. The molecule has 0 aliphatic carbocycles. The Labute approximate surface area is 152 Å². The Balaban J connectivity index is 1.67. The van der Waals surface area contributed by atoms with Crippen LogP contribution in [-0.4, -0.2) is 47.5 Å². The number of esters is 1. The molecule has 1 aliphatic heterocycles. The molecule has 1 aliphatic rings. The third-order valence-electron chi connectivity index (χ3n) is 4.39. The Morgan fingerprint density at radius 1 is 1.35 bits per heavy atom. The molecule has 138 valence electrons. The predicted octanol–water partition coefficient (Wildman–Crippen LogP) is 2.27. The van der Waals surface area contributed by atoms with Crippen molar-refractivity contribution < 1.29 is 19.1 Å². The van der Waals surface area contributed by atoms with E-state index in [2.05, 4.69) is 10.4 Å². The number of rotatable bonds is 6. The summed E-state index contributed by atoms with van der Waals surface area (Å²) in [4.78, 5) is 24.1. The first kappa shape index (κ1) is 18.1. The second kappa shape index (κ2) is 8.14. The number of benzene rings is 1. The molecule has 3 rings (SSSR count). The standard InChI is InChI=1S/C19H23N3O4/c1-3-25-19(24)17-12-21-22(13(17)2)15-8-6-14(7-9-15)18(23)20-11-16-5-4-10-26-16/h6-9,12,16H,3-5,10-11H2,1-2H3,(H,20,23). The molecule has 2 heterocycles. The molecule has 0 radical (unpaired) electrons. The summed E-state index contributed by atoms with van der Waals surface area (Å²) < 4.78 is 12.2. The van der Waals surface area contributed by atoms with Crippen LogP contribution in [-0.2, 0) is 9.47 Å². The molecule has 1 aromatic carbocycles. The van der Waals surface area contributed by atoms with E-state index >= 15 is 0 Å². The van der Waals surface area contributed by atoms with Crippen molar-refractivity contribution in [1.29, 1.82) is 0 Å². The summed E-state index contributed by atoms with van der Waals surface area (Å²) in [5.41, 5.74) is 2.47. The van der Waals surface area contributed by atoms with Crippen LogP contribution < -0.4 is 5.32 Å². The van der Waals surface area contributed by atoms with E-state index in [0.717, 1.165) is 25.1 Å². The fourth-order valence-corrected chi connectivity index (χ4v) is 2.95. The van der Waals surface area contributed by atoms with Crippen molar-refractivity contribution in [2.75, 3.05) is 19.8 Å². The maximum Gasteiger partial charge on any atom is 0.341 e. The molecule has 2 aromatic rings. The van der Waals surface area contributed by atoms with E-state index in [1.807, 2.05) is 6.92 Å². The van der Waals surface area contributed by atoms with Crippen molar-refractivity contribution >= 4 is 11.9 Å². The molecule has 0 saturated carbocycles. The van der Waals surface area contributed by atoms with Crippen molar-refractivity contribution in [3.8, 4) is 5.69 Å². The van der Waals surface area contributed by atoms with Crippen molar-refractivity contribution in [1.82, 2.24) is 15.1 Å². The van der Waals surface area contributed by atoms with Gasteiger partial charge in [-0.15, -0.1) is 0 Å². The van der Waals surface area contributed by atoms with Crippen LogP contribution in [0, 0.1) is 6.92 Å². The number of carbonyl (C=O) groups excluding carboxylic acids is 2. The molecule has 1 atom stereocenters. The largest absolute Gasteiger partial charge is 0.462 e. The Bertz CT molecular complexity index is 777. The summed E-state index contributed by atoms with van der Waals surface area (Å²) in [6.45, 7) is 5.19. The molecule has 1 fully saturated rings. The molecular weight excluding hydrogens is 334 g/mol. The van der Waals surface area contributed by atoms with E-state index in [9.17, 15) is 9.59 Å². The van der Waals surface area contributed by atoms with E-state index in [4.69, 9.17) is 9.47 Å². The summed E-state index contributed by atoms with van der Waals surface area (Å²) in [7, 11) is 0. The van der Waals surface area contributed by atoms with Gasteiger partial charge in [0.05, 0.1) is 30.3 Å². The van der Waals surface area contributed by atoms with Crippen LogP contribution in [0.25, 0.3) is 5.69 Å². The maximum absolute atomic E-state index is 12.2. The van der Waals surface area contributed by atoms with Gasteiger partial charge in [-0.05, 0) is 51.0 Å². The first-order valence-electron chi connectivity index (χ1n) is 8.82. The number of nitrogens with zero attached hydrogens (tertiary/aromatic N) is 2. The number of hydrogen-bond donors (Lipinski definition) is 1. The van der Waals surface area contributed by atoms with Gasteiger partial charge in [-0.25, -0.2) is 9.48 Å².